The lowest BCUT2D eigenvalue weighted by Gasteiger charge is -2.05. The molecule has 3 N–H and O–H groups in total. The lowest BCUT2D eigenvalue weighted by atomic mass is 10.2. The standard InChI is InChI=1S/C17H15F2N5O/c18-13-5-1-11(2-6-13)9-21-17(25)15-16(20)24(23-22-15)10-12-3-7-14(19)8-4-12/h1-8H,9-10,20H2,(H,21,25). The summed E-state index contributed by atoms with van der Waals surface area (Å²) in [7, 11) is 0. The van der Waals surface area contributed by atoms with Crippen LogP contribution in [0.2, 0.25) is 0 Å². The van der Waals surface area contributed by atoms with E-state index in [1.807, 2.05) is 0 Å². The maximum atomic E-state index is 12.9. The van der Waals surface area contributed by atoms with Crippen molar-refractivity contribution in [1.29, 1.82) is 0 Å². The molecular formula is C17H15F2N5O. The van der Waals surface area contributed by atoms with Crippen molar-refractivity contribution in [3.05, 3.63) is 77.0 Å². The number of benzene rings is 2. The predicted molar refractivity (Wildman–Crippen MR) is 87.5 cm³/mol. The van der Waals surface area contributed by atoms with Crippen molar-refractivity contribution in [1.82, 2.24) is 20.3 Å². The van der Waals surface area contributed by atoms with E-state index in [1.54, 1.807) is 24.3 Å². The van der Waals surface area contributed by atoms with Gasteiger partial charge in [-0.15, -0.1) is 5.10 Å². The Morgan fingerprint density at radius 2 is 1.56 bits per heavy atom. The summed E-state index contributed by atoms with van der Waals surface area (Å²) in [6.45, 7) is 0.480. The number of hydrogen-bond acceptors (Lipinski definition) is 4. The number of anilines is 1. The Kier molecular flexibility index (Phi) is 4.69. The molecule has 0 radical (unpaired) electrons. The highest BCUT2D eigenvalue weighted by Gasteiger charge is 2.17. The van der Waals surface area contributed by atoms with Crippen LogP contribution < -0.4 is 11.1 Å². The van der Waals surface area contributed by atoms with Crippen molar-refractivity contribution in [2.45, 2.75) is 13.1 Å². The van der Waals surface area contributed by atoms with Crippen molar-refractivity contribution in [3.8, 4) is 0 Å². The molecule has 128 valence electrons. The zero-order valence-electron chi connectivity index (χ0n) is 13.1. The monoisotopic (exact) mass is 343 g/mol. The van der Waals surface area contributed by atoms with E-state index in [4.69, 9.17) is 5.73 Å². The van der Waals surface area contributed by atoms with Crippen LogP contribution in [0.5, 0.6) is 0 Å². The number of carbonyl (C=O) groups excluding carboxylic acids is 1. The van der Waals surface area contributed by atoms with Crippen LogP contribution in [0, 0.1) is 11.6 Å². The lowest BCUT2D eigenvalue weighted by Crippen LogP contribution is -2.24. The van der Waals surface area contributed by atoms with Gasteiger partial charge in [0.2, 0.25) is 0 Å². The first kappa shape index (κ1) is 16.6. The quantitative estimate of drug-likeness (QED) is 0.743. The van der Waals surface area contributed by atoms with Crippen molar-refractivity contribution in [2.75, 3.05) is 5.73 Å². The van der Waals surface area contributed by atoms with Crippen LogP contribution in [-0.2, 0) is 13.1 Å². The summed E-state index contributed by atoms with van der Waals surface area (Å²) in [5, 5.41) is 10.3. The average molecular weight is 343 g/mol. The zero-order chi connectivity index (χ0) is 17.8. The molecule has 0 atom stereocenters. The van der Waals surface area contributed by atoms with E-state index < -0.39 is 5.91 Å². The Hall–Kier alpha value is -3.29. The van der Waals surface area contributed by atoms with Gasteiger partial charge in [-0.3, -0.25) is 4.79 Å². The summed E-state index contributed by atoms with van der Waals surface area (Å²) >= 11 is 0. The molecule has 1 heterocycles. The van der Waals surface area contributed by atoms with Gasteiger partial charge in [-0.2, -0.15) is 0 Å². The minimum Gasteiger partial charge on any atom is -0.382 e. The van der Waals surface area contributed by atoms with Gasteiger partial charge < -0.3 is 11.1 Å². The third kappa shape index (κ3) is 3.97. The van der Waals surface area contributed by atoms with Gasteiger partial charge in [0.25, 0.3) is 5.91 Å². The molecule has 0 spiro atoms. The van der Waals surface area contributed by atoms with E-state index in [0.717, 1.165) is 11.1 Å². The average Bonchev–Trinajstić information content (AvgIpc) is 2.97. The number of nitrogens with one attached hydrogen (secondary N) is 1. The van der Waals surface area contributed by atoms with Gasteiger partial charge in [-0.1, -0.05) is 29.5 Å². The number of carbonyl (C=O) groups is 1. The molecule has 8 heteroatoms. The molecular weight excluding hydrogens is 328 g/mol. The van der Waals surface area contributed by atoms with E-state index in [9.17, 15) is 13.6 Å². The minimum absolute atomic E-state index is 0.00391. The summed E-state index contributed by atoms with van der Waals surface area (Å²) in [4.78, 5) is 12.2. The number of nitrogens with two attached hydrogens (primary N) is 1. The van der Waals surface area contributed by atoms with Gasteiger partial charge in [-0.25, -0.2) is 13.5 Å². The minimum atomic E-state index is -0.479. The summed E-state index contributed by atoms with van der Waals surface area (Å²) in [6, 6.07) is 11.6. The Morgan fingerprint density at radius 1 is 1.00 bits per heavy atom. The molecule has 0 saturated carbocycles. The fraction of sp³-hybridized carbons (Fsp3) is 0.118. The van der Waals surface area contributed by atoms with Crippen molar-refractivity contribution < 1.29 is 13.6 Å². The van der Waals surface area contributed by atoms with Crippen LogP contribution in [-0.4, -0.2) is 20.9 Å². The van der Waals surface area contributed by atoms with Crippen molar-refractivity contribution in [3.63, 3.8) is 0 Å². The molecule has 3 rings (SSSR count). The van der Waals surface area contributed by atoms with Gasteiger partial charge in [0.1, 0.15) is 11.6 Å². The van der Waals surface area contributed by atoms with E-state index in [-0.39, 0.29) is 36.2 Å². The second-order valence-electron chi connectivity index (χ2n) is 5.42. The van der Waals surface area contributed by atoms with Crippen LogP contribution in [0.3, 0.4) is 0 Å². The Labute approximate surface area is 142 Å². The zero-order valence-corrected chi connectivity index (χ0v) is 13.1. The van der Waals surface area contributed by atoms with Gasteiger partial charge >= 0.3 is 0 Å². The molecule has 25 heavy (non-hydrogen) atoms. The highest BCUT2D eigenvalue weighted by Crippen LogP contribution is 2.12. The van der Waals surface area contributed by atoms with E-state index in [1.165, 1.54) is 28.9 Å². The highest BCUT2D eigenvalue weighted by atomic mass is 19.1. The maximum Gasteiger partial charge on any atom is 0.275 e. The topological polar surface area (TPSA) is 85.8 Å². The fourth-order valence-corrected chi connectivity index (χ4v) is 2.23. The number of hydrogen-bond donors (Lipinski definition) is 2. The molecule has 3 aromatic rings. The third-order valence-corrected chi connectivity index (χ3v) is 3.60. The Morgan fingerprint density at radius 3 is 2.16 bits per heavy atom. The van der Waals surface area contributed by atoms with E-state index in [2.05, 4.69) is 15.6 Å². The fourth-order valence-electron chi connectivity index (χ4n) is 2.23. The number of nitrogen functional groups attached to an aromatic ring is 1. The normalized spacial score (nSPS) is 10.6. The van der Waals surface area contributed by atoms with E-state index in [0.29, 0.717) is 0 Å². The number of halogens is 2. The molecule has 0 saturated heterocycles. The first-order chi connectivity index (χ1) is 12.0. The van der Waals surface area contributed by atoms with Gasteiger partial charge in [0, 0.05) is 6.54 Å². The SMILES string of the molecule is Nc1c(C(=O)NCc2ccc(F)cc2)nnn1Cc1ccc(F)cc1. The molecule has 0 aliphatic carbocycles. The second kappa shape index (κ2) is 7.08. The smallest absolute Gasteiger partial charge is 0.275 e. The molecule has 1 amide bonds. The van der Waals surface area contributed by atoms with Crippen LogP contribution in [0.4, 0.5) is 14.6 Å². The summed E-state index contributed by atoms with van der Waals surface area (Å²) < 4.78 is 27.2. The van der Waals surface area contributed by atoms with E-state index >= 15 is 0 Å². The predicted octanol–water partition coefficient (Wildman–Crippen LogP) is 2.12. The molecule has 0 fully saturated rings. The molecule has 0 aliphatic rings. The summed E-state index contributed by atoms with van der Waals surface area (Å²) in [5.41, 5.74) is 7.45. The Bertz CT molecular complexity index is 875. The first-order valence-corrected chi connectivity index (χ1v) is 7.49. The van der Waals surface area contributed by atoms with Crippen LogP contribution >= 0.6 is 0 Å². The highest BCUT2D eigenvalue weighted by molar-refractivity contribution is 5.96. The van der Waals surface area contributed by atoms with Crippen LogP contribution in [0.1, 0.15) is 21.6 Å². The van der Waals surface area contributed by atoms with Gasteiger partial charge in [0.15, 0.2) is 11.5 Å². The number of nitrogens with zero attached hydrogens (tertiary/aromatic N) is 3. The molecule has 6 nitrogen and oxygen atoms in total. The molecule has 0 aliphatic heterocycles. The van der Waals surface area contributed by atoms with Crippen LogP contribution in [0.25, 0.3) is 0 Å². The summed E-state index contributed by atoms with van der Waals surface area (Å²) in [5.74, 6) is -1.05. The van der Waals surface area contributed by atoms with Crippen molar-refractivity contribution in [2.24, 2.45) is 0 Å². The summed E-state index contributed by atoms with van der Waals surface area (Å²) in [6.07, 6.45) is 0. The largest absolute Gasteiger partial charge is 0.382 e. The van der Waals surface area contributed by atoms with Gasteiger partial charge in [-0.05, 0) is 35.4 Å². The third-order valence-electron chi connectivity index (χ3n) is 3.60. The lowest BCUT2D eigenvalue weighted by molar-refractivity contribution is 0.0946. The van der Waals surface area contributed by atoms with Crippen LogP contribution in [0.15, 0.2) is 48.5 Å². The molecule has 0 unspecified atom stereocenters. The molecule has 2 aromatic carbocycles. The molecule has 1 aromatic heterocycles. The number of rotatable bonds is 5. The maximum absolute atomic E-state index is 12.9. The number of amides is 1. The van der Waals surface area contributed by atoms with Crippen molar-refractivity contribution >= 4 is 11.7 Å². The number of aromatic nitrogens is 3. The second-order valence-corrected chi connectivity index (χ2v) is 5.42. The first-order valence-electron chi connectivity index (χ1n) is 7.49. The molecule has 0 bridgehead atoms. The van der Waals surface area contributed by atoms with Gasteiger partial charge in [0.05, 0.1) is 6.54 Å². The Balaban J connectivity index is 1.66.